The van der Waals surface area contributed by atoms with Crippen LogP contribution in [-0.4, -0.2) is 25.1 Å². The minimum absolute atomic E-state index is 0.154. The van der Waals surface area contributed by atoms with E-state index < -0.39 is 0 Å². The molecule has 3 heterocycles. The van der Waals surface area contributed by atoms with E-state index in [9.17, 15) is 9.59 Å². The number of aromatic nitrogens is 5. The van der Waals surface area contributed by atoms with Crippen molar-refractivity contribution >= 4 is 10.9 Å². The van der Waals surface area contributed by atoms with Gasteiger partial charge in [0.2, 0.25) is 0 Å². The summed E-state index contributed by atoms with van der Waals surface area (Å²) < 4.78 is 0. The smallest absolute Gasteiger partial charge is 0.328 e. The molecule has 0 saturated carbocycles. The number of rotatable bonds is 6. The van der Waals surface area contributed by atoms with Crippen LogP contribution in [0.2, 0.25) is 0 Å². The summed E-state index contributed by atoms with van der Waals surface area (Å²) in [6, 6.07) is 21.8. The Kier molecular flexibility index (Phi) is 5.19. The molecule has 0 unspecified atom stereocenters. The fourth-order valence-electron chi connectivity index (χ4n) is 3.66. The molecule has 32 heavy (non-hydrogen) atoms. The number of nitrogens with zero attached hydrogens (tertiary/aromatic N) is 2. The molecule has 8 nitrogen and oxygen atoms in total. The Bertz CT molecular complexity index is 1480. The van der Waals surface area contributed by atoms with Crippen molar-refractivity contribution in [1.82, 2.24) is 30.5 Å². The summed E-state index contributed by atoms with van der Waals surface area (Å²) in [5.74, 6) is 0.564. The maximum absolute atomic E-state index is 12.3. The molecule has 0 atom stereocenters. The maximum Gasteiger partial charge on any atom is 0.340 e. The Hall–Kier alpha value is -4.30. The first-order valence-electron chi connectivity index (χ1n) is 10.2. The molecule has 158 valence electrons. The Labute approximate surface area is 182 Å². The molecular formula is C24H20N6O2. The van der Waals surface area contributed by atoms with Gasteiger partial charge < -0.3 is 10.3 Å². The molecule has 0 aliphatic heterocycles. The lowest BCUT2D eigenvalue weighted by molar-refractivity contribution is 0.664. The highest BCUT2D eigenvalue weighted by molar-refractivity contribution is 5.91. The van der Waals surface area contributed by atoms with Crippen LogP contribution in [0.4, 0.5) is 0 Å². The van der Waals surface area contributed by atoms with Crippen LogP contribution in [0, 0.1) is 0 Å². The van der Waals surface area contributed by atoms with Crippen LogP contribution in [0.25, 0.3) is 33.3 Å². The van der Waals surface area contributed by atoms with Crippen LogP contribution in [0.3, 0.4) is 0 Å². The lowest BCUT2D eigenvalue weighted by atomic mass is 9.97. The van der Waals surface area contributed by atoms with Crippen LogP contribution >= 0.6 is 0 Å². The molecule has 5 aromatic rings. The van der Waals surface area contributed by atoms with Gasteiger partial charge >= 0.3 is 5.69 Å². The number of nitrogens with one attached hydrogen (secondary N) is 4. The van der Waals surface area contributed by atoms with Crippen molar-refractivity contribution in [1.29, 1.82) is 0 Å². The summed E-state index contributed by atoms with van der Waals surface area (Å²) >= 11 is 0. The molecule has 0 amide bonds. The SMILES string of the molecule is O=c1[nH]nc(CNCc2ccc(-c3nc4cc[nH]c(=O)c4cc3-c3ccccc3)cc2)[nH]1. The van der Waals surface area contributed by atoms with Crippen molar-refractivity contribution in [2.24, 2.45) is 0 Å². The van der Waals surface area contributed by atoms with Gasteiger partial charge in [-0.15, -0.1) is 0 Å². The predicted molar refractivity (Wildman–Crippen MR) is 123 cm³/mol. The summed E-state index contributed by atoms with van der Waals surface area (Å²) in [5.41, 5.74) is 4.97. The molecule has 0 aliphatic carbocycles. The lowest BCUT2D eigenvalue weighted by Crippen LogP contribution is -2.14. The monoisotopic (exact) mass is 424 g/mol. The molecule has 2 aromatic carbocycles. The van der Waals surface area contributed by atoms with Crippen LogP contribution in [-0.2, 0) is 13.1 Å². The zero-order chi connectivity index (χ0) is 21.9. The Morgan fingerprint density at radius 1 is 0.875 bits per heavy atom. The van der Waals surface area contributed by atoms with Gasteiger partial charge in [-0.05, 0) is 23.3 Å². The van der Waals surface area contributed by atoms with Gasteiger partial charge in [0.05, 0.1) is 23.1 Å². The molecule has 0 bridgehead atoms. The molecule has 4 N–H and O–H groups in total. The van der Waals surface area contributed by atoms with Gasteiger partial charge in [0.25, 0.3) is 5.56 Å². The lowest BCUT2D eigenvalue weighted by Gasteiger charge is -2.12. The molecule has 8 heteroatoms. The summed E-state index contributed by atoms with van der Waals surface area (Å²) in [5, 5.41) is 10.0. The second-order valence-electron chi connectivity index (χ2n) is 7.42. The van der Waals surface area contributed by atoms with Gasteiger partial charge in [-0.1, -0.05) is 54.6 Å². The molecule has 0 fully saturated rings. The molecule has 0 saturated heterocycles. The summed E-state index contributed by atoms with van der Waals surface area (Å²) in [6.07, 6.45) is 1.62. The van der Waals surface area contributed by atoms with Crippen LogP contribution in [0.5, 0.6) is 0 Å². The second-order valence-corrected chi connectivity index (χ2v) is 7.42. The third-order valence-corrected chi connectivity index (χ3v) is 5.24. The normalized spacial score (nSPS) is 11.1. The van der Waals surface area contributed by atoms with Crippen LogP contribution in [0.15, 0.2) is 82.5 Å². The predicted octanol–water partition coefficient (Wildman–Crippen LogP) is 2.96. The number of hydrogen-bond donors (Lipinski definition) is 4. The van der Waals surface area contributed by atoms with E-state index in [0.717, 1.165) is 27.9 Å². The van der Waals surface area contributed by atoms with Gasteiger partial charge in [0.15, 0.2) is 0 Å². The minimum atomic E-state index is -0.315. The average Bonchev–Trinajstić information content (AvgIpc) is 3.24. The van der Waals surface area contributed by atoms with Gasteiger partial charge in [-0.25, -0.2) is 14.9 Å². The number of aromatic amines is 3. The quantitative estimate of drug-likeness (QED) is 0.334. The maximum atomic E-state index is 12.3. The van der Waals surface area contributed by atoms with Gasteiger partial charge in [0, 0.05) is 23.9 Å². The topological polar surface area (TPSA) is 119 Å². The molecule has 0 radical (unpaired) electrons. The minimum Gasteiger partial charge on any atom is -0.328 e. The van der Waals surface area contributed by atoms with Crippen LogP contribution < -0.4 is 16.6 Å². The van der Waals surface area contributed by atoms with Crippen LogP contribution in [0.1, 0.15) is 11.4 Å². The van der Waals surface area contributed by atoms with Crippen molar-refractivity contribution in [3.8, 4) is 22.4 Å². The van der Waals surface area contributed by atoms with Gasteiger partial charge in [-0.3, -0.25) is 9.78 Å². The molecule has 3 aromatic heterocycles. The van der Waals surface area contributed by atoms with Crippen molar-refractivity contribution in [3.05, 3.63) is 105 Å². The number of benzene rings is 2. The molecule has 0 aliphatic rings. The first-order chi connectivity index (χ1) is 15.7. The van der Waals surface area contributed by atoms with E-state index in [0.29, 0.717) is 29.8 Å². The van der Waals surface area contributed by atoms with Crippen molar-refractivity contribution in [3.63, 3.8) is 0 Å². The zero-order valence-electron chi connectivity index (χ0n) is 17.1. The Morgan fingerprint density at radius 2 is 1.69 bits per heavy atom. The molecule has 0 spiro atoms. The molecular weight excluding hydrogens is 404 g/mol. The summed E-state index contributed by atoms with van der Waals surface area (Å²) in [7, 11) is 0. The fourth-order valence-corrected chi connectivity index (χ4v) is 3.66. The van der Waals surface area contributed by atoms with Crippen molar-refractivity contribution in [2.75, 3.05) is 0 Å². The fraction of sp³-hybridized carbons (Fsp3) is 0.0833. The second kappa shape index (κ2) is 8.44. The number of hydrogen-bond acceptors (Lipinski definition) is 5. The average molecular weight is 424 g/mol. The van der Waals surface area contributed by atoms with E-state index in [2.05, 4.69) is 25.5 Å². The van der Waals surface area contributed by atoms with E-state index >= 15 is 0 Å². The van der Waals surface area contributed by atoms with E-state index in [1.165, 1.54) is 0 Å². The number of H-pyrrole nitrogens is 3. The highest BCUT2D eigenvalue weighted by Gasteiger charge is 2.13. The first-order valence-corrected chi connectivity index (χ1v) is 10.2. The largest absolute Gasteiger partial charge is 0.340 e. The Balaban J connectivity index is 1.46. The summed E-state index contributed by atoms with van der Waals surface area (Å²) in [6.45, 7) is 1.08. The zero-order valence-corrected chi connectivity index (χ0v) is 17.1. The molecule has 5 rings (SSSR count). The van der Waals surface area contributed by atoms with E-state index in [1.54, 1.807) is 6.20 Å². The third-order valence-electron chi connectivity index (χ3n) is 5.24. The van der Waals surface area contributed by atoms with E-state index in [1.807, 2.05) is 66.7 Å². The highest BCUT2D eigenvalue weighted by Crippen LogP contribution is 2.32. The van der Waals surface area contributed by atoms with Gasteiger partial charge in [-0.2, -0.15) is 5.10 Å². The standard InChI is InChI=1S/C24H20N6O2/c31-23-19-12-18(16-4-2-1-3-5-16)22(27-20(19)10-11-26-23)17-8-6-15(7-9-17)13-25-14-21-28-24(32)30-29-21/h1-12,25H,13-14H2,(H,26,31)(H2,28,29,30,32). The number of pyridine rings is 2. The Morgan fingerprint density at radius 3 is 2.44 bits per heavy atom. The number of fused-ring (bicyclic) bond motifs is 1. The highest BCUT2D eigenvalue weighted by atomic mass is 16.1. The first kappa shape index (κ1) is 19.7. The summed E-state index contributed by atoms with van der Waals surface area (Å²) in [4.78, 5) is 33.6. The third kappa shape index (κ3) is 3.99. The van der Waals surface area contributed by atoms with Gasteiger partial charge in [0.1, 0.15) is 5.82 Å². The van der Waals surface area contributed by atoms with Crippen molar-refractivity contribution < 1.29 is 0 Å². The van der Waals surface area contributed by atoms with E-state index in [-0.39, 0.29) is 11.2 Å². The van der Waals surface area contributed by atoms with E-state index in [4.69, 9.17) is 4.98 Å². The van der Waals surface area contributed by atoms with Crippen molar-refractivity contribution in [2.45, 2.75) is 13.1 Å².